The molecule has 2 atom stereocenters. The van der Waals surface area contributed by atoms with Crippen molar-refractivity contribution in [3.8, 4) is 0 Å². The Labute approximate surface area is 113 Å². The molecule has 1 fully saturated rings. The summed E-state index contributed by atoms with van der Waals surface area (Å²) in [5, 5.41) is 5.66. The molecule has 0 radical (unpaired) electrons. The van der Waals surface area contributed by atoms with Gasteiger partial charge in [-0.05, 0) is 0 Å². The number of esters is 1. The summed E-state index contributed by atoms with van der Waals surface area (Å²) in [7, 11) is 2.93. The highest BCUT2D eigenvalue weighted by Gasteiger charge is 2.35. The quantitative estimate of drug-likeness (QED) is 0.583. The number of hydrogen-bond acceptors (Lipinski definition) is 6. The third-order valence-electron chi connectivity index (χ3n) is 3.16. The van der Waals surface area contributed by atoms with Gasteiger partial charge >= 0.3 is 5.97 Å². The van der Waals surface area contributed by atoms with E-state index in [2.05, 4.69) is 15.4 Å². The number of rotatable bonds is 7. The summed E-state index contributed by atoms with van der Waals surface area (Å²) in [4.78, 5) is 22.5. The van der Waals surface area contributed by atoms with Gasteiger partial charge in [0.15, 0.2) is 0 Å². The lowest BCUT2D eigenvalue weighted by molar-refractivity contribution is -0.144. The zero-order valence-electron chi connectivity index (χ0n) is 11.7. The molecule has 19 heavy (non-hydrogen) atoms. The van der Waals surface area contributed by atoms with Crippen molar-refractivity contribution < 1.29 is 23.8 Å². The van der Waals surface area contributed by atoms with Gasteiger partial charge in [0.1, 0.15) is 11.6 Å². The Morgan fingerprint density at radius 1 is 1.42 bits per heavy atom. The lowest BCUT2D eigenvalue weighted by atomic mass is 10.0. The molecule has 2 unspecified atom stereocenters. The molecule has 2 N–H and O–H groups in total. The monoisotopic (exact) mass is 274 g/mol. The number of hydrogen-bond donors (Lipinski definition) is 2. The molecule has 1 amide bonds. The first kappa shape index (κ1) is 15.9. The highest BCUT2D eigenvalue weighted by Crippen LogP contribution is 2.21. The molecule has 1 aliphatic heterocycles. The van der Waals surface area contributed by atoms with Crippen LogP contribution < -0.4 is 10.6 Å². The number of methoxy groups -OCH3 is 2. The third-order valence-corrected chi connectivity index (χ3v) is 3.16. The van der Waals surface area contributed by atoms with Crippen LogP contribution in [0.25, 0.3) is 0 Å². The standard InChI is InChI=1S/C12H22N2O5/c1-9(15)14-10(11(16)17-2)6-13-7-12(18-3)4-5-19-8-12/h10,13H,4-8H2,1-3H3,(H,14,15). The van der Waals surface area contributed by atoms with Gasteiger partial charge in [0.05, 0.1) is 13.7 Å². The summed E-state index contributed by atoms with van der Waals surface area (Å²) in [5.74, 6) is -0.750. The van der Waals surface area contributed by atoms with Gasteiger partial charge in [-0.15, -0.1) is 0 Å². The molecule has 0 aromatic rings. The average Bonchev–Trinajstić information content (AvgIpc) is 2.85. The first-order chi connectivity index (χ1) is 9.03. The summed E-state index contributed by atoms with van der Waals surface area (Å²) >= 11 is 0. The average molecular weight is 274 g/mol. The van der Waals surface area contributed by atoms with Gasteiger partial charge in [0.25, 0.3) is 0 Å². The van der Waals surface area contributed by atoms with Crippen LogP contribution in [0.1, 0.15) is 13.3 Å². The van der Waals surface area contributed by atoms with Crippen LogP contribution in [0.15, 0.2) is 0 Å². The molecule has 0 aliphatic carbocycles. The largest absolute Gasteiger partial charge is 0.467 e. The van der Waals surface area contributed by atoms with E-state index in [1.807, 2.05) is 0 Å². The lowest BCUT2D eigenvalue weighted by Crippen LogP contribution is -2.51. The minimum Gasteiger partial charge on any atom is -0.467 e. The highest BCUT2D eigenvalue weighted by atomic mass is 16.5. The highest BCUT2D eigenvalue weighted by molar-refractivity contribution is 5.83. The van der Waals surface area contributed by atoms with E-state index in [1.165, 1.54) is 14.0 Å². The number of amides is 1. The Morgan fingerprint density at radius 3 is 2.63 bits per heavy atom. The van der Waals surface area contributed by atoms with Gasteiger partial charge in [-0.1, -0.05) is 0 Å². The smallest absolute Gasteiger partial charge is 0.329 e. The van der Waals surface area contributed by atoms with E-state index >= 15 is 0 Å². The number of nitrogens with one attached hydrogen (secondary N) is 2. The molecular formula is C12H22N2O5. The van der Waals surface area contributed by atoms with Gasteiger partial charge < -0.3 is 24.8 Å². The molecule has 7 nitrogen and oxygen atoms in total. The predicted octanol–water partition coefficient (Wildman–Crippen LogP) is -0.941. The van der Waals surface area contributed by atoms with Gasteiger partial charge in [0, 0.05) is 40.2 Å². The molecule has 0 spiro atoms. The van der Waals surface area contributed by atoms with Crippen molar-refractivity contribution >= 4 is 11.9 Å². The molecule has 1 heterocycles. The fourth-order valence-corrected chi connectivity index (χ4v) is 1.99. The van der Waals surface area contributed by atoms with Crippen LogP contribution in [0.3, 0.4) is 0 Å². The molecule has 1 rings (SSSR count). The Kier molecular flexibility index (Phi) is 6.20. The molecule has 7 heteroatoms. The van der Waals surface area contributed by atoms with Crippen molar-refractivity contribution in [2.75, 3.05) is 40.5 Å². The molecule has 1 aliphatic rings. The van der Waals surface area contributed by atoms with E-state index in [0.717, 1.165) is 6.42 Å². The van der Waals surface area contributed by atoms with Gasteiger partial charge in [0.2, 0.25) is 5.91 Å². The van der Waals surface area contributed by atoms with Crippen molar-refractivity contribution in [2.24, 2.45) is 0 Å². The molecular weight excluding hydrogens is 252 g/mol. The van der Waals surface area contributed by atoms with E-state index in [0.29, 0.717) is 19.8 Å². The van der Waals surface area contributed by atoms with Gasteiger partial charge in [-0.25, -0.2) is 4.79 Å². The third kappa shape index (κ3) is 4.77. The van der Waals surface area contributed by atoms with Crippen molar-refractivity contribution in [1.82, 2.24) is 10.6 Å². The van der Waals surface area contributed by atoms with Crippen molar-refractivity contribution in [3.05, 3.63) is 0 Å². The van der Waals surface area contributed by atoms with Crippen LogP contribution in [0.4, 0.5) is 0 Å². The molecule has 0 bridgehead atoms. The van der Waals surface area contributed by atoms with Crippen LogP contribution >= 0.6 is 0 Å². The number of carbonyl (C=O) groups excluding carboxylic acids is 2. The summed E-state index contributed by atoms with van der Waals surface area (Å²) in [6.45, 7) is 3.40. The van der Waals surface area contributed by atoms with Crippen LogP contribution in [0, 0.1) is 0 Å². The topological polar surface area (TPSA) is 85.9 Å². The summed E-state index contributed by atoms with van der Waals surface area (Å²) in [5.41, 5.74) is -0.350. The van der Waals surface area contributed by atoms with Crippen molar-refractivity contribution in [2.45, 2.75) is 25.0 Å². The Bertz CT molecular complexity index is 315. The SMILES string of the molecule is COC(=O)C(CNCC1(OC)CCOC1)NC(C)=O. The summed E-state index contributed by atoms with van der Waals surface area (Å²) in [6, 6.07) is -0.696. The Balaban J connectivity index is 2.42. The maximum atomic E-state index is 11.5. The maximum absolute atomic E-state index is 11.5. The minimum absolute atomic E-state index is 0.275. The van der Waals surface area contributed by atoms with Crippen LogP contribution in [0.2, 0.25) is 0 Å². The number of ether oxygens (including phenoxy) is 3. The summed E-state index contributed by atoms with van der Waals surface area (Å²) in [6.07, 6.45) is 0.805. The fraction of sp³-hybridized carbons (Fsp3) is 0.833. The second kappa shape index (κ2) is 7.42. The second-order valence-corrected chi connectivity index (χ2v) is 4.60. The zero-order valence-corrected chi connectivity index (χ0v) is 11.7. The zero-order chi connectivity index (χ0) is 14.3. The Morgan fingerprint density at radius 2 is 2.16 bits per heavy atom. The van der Waals surface area contributed by atoms with Crippen molar-refractivity contribution in [3.63, 3.8) is 0 Å². The van der Waals surface area contributed by atoms with Gasteiger partial charge in [-0.3, -0.25) is 4.79 Å². The molecule has 110 valence electrons. The minimum atomic E-state index is -0.696. The van der Waals surface area contributed by atoms with Crippen LogP contribution in [-0.2, 0) is 23.8 Å². The van der Waals surface area contributed by atoms with Gasteiger partial charge in [-0.2, -0.15) is 0 Å². The first-order valence-electron chi connectivity index (χ1n) is 6.21. The van der Waals surface area contributed by atoms with E-state index in [1.54, 1.807) is 7.11 Å². The van der Waals surface area contributed by atoms with E-state index in [-0.39, 0.29) is 18.1 Å². The first-order valence-corrected chi connectivity index (χ1v) is 6.21. The molecule has 1 saturated heterocycles. The lowest BCUT2D eigenvalue weighted by Gasteiger charge is -2.27. The predicted molar refractivity (Wildman–Crippen MR) is 67.7 cm³/mol. The van der Waals surface area contributed by atoms with Crippen molar-refractivity contribution in [1.29, 1.82) is 0 Å². The van der Waals surface area contributed by atoms with E-state index < -0.39 is 12.0 Å². The Hall–Kier alpha value is -1.18. The summed E-state index contributed by atoms with van der Waals surface area (Å²) < 4.78 is 15.4. The normalized spacial score (nSPS) is 23.9. The maximum Gasteiger partial charge on any atom is 0.329 e. The van der Waals surface area contributed by atoms with E-state index in [4.69, 9.17) is 9.47 Å². The molecule has 0 aromatic heterocycles. The molecule has 0 aromatic carbocycles. The van der Waals surface area contributed by atoms with E-state index in [9.17, 15) is 9.59 Å². The number of carbonyl (C=O) groups is 2. The molecule has 0 saturated carbocycles. The van der Waals surface area contributed by atoms with Crippen LogP contribution in [-0.4, -0.2) is 64.0 Å². The fourth-order valence-electron chi connectivity index (χ4n) is 1.99. The van der Waals surface area contributed by atoms with Crippen LogP contribution in [0.5, 0.6) is 0 Å². The second-order valence-electron chi connectivity index (χ2n) is 4.60.